The van der Waals surface area contributed by atoms with E-state index in [0.717, 1.165) is 85.7 Å². The van der Waals surface area contributed by atoms with E-state index in [2.05, 4.69) is 27.3 Å². The van der Waals surface area contributed by atoms with Gasteiger partial charge in [-0.25, -0.2) is 0 Å². The van der Waals surface area contributed by atoms with Crippen LogP contribution in [0.25, 0.3) is 10.9 Å². The van der Waals surface area contributed by atoms with Gasteiger partial charge in [-0.15, -0.1) is 24.8 Å². The molecule has 2 N–H and O–H groups in total. The van der Waals surface area contributed by atoms with Gasteiger partial charge in [-0.1, -0.05) is 0 Å². The van der Waals surface area contributed by atoms with E-state index < -0.39 is 0 Å². The number of aromatic nitrogens is 1. The van der Waals surface area contributed by atoms with Gasteiger partial charge in [0, 0.05) is 31.7 Å². The SMILES string of the molecule is CCOc1cc(CN2CCOCC2)cc2[nH]c(=O)c3c(c12)NCCC3.Cl.Cl. The lowest BCUT2D eigenvalue weighted by atomic mass is 9.99. The minimum absolute atomic E-state index is 0. The number of nitrogens with zero attached hydrogens (tertiary/aromatic N) is 1. The van der Waals surface area contributed by atoms with Crippen molar-refractivity contribution in [2.75, 3.05) is 44.8 Å². The van der Waals surface area contributed by atoms with E-state index in [1.807, 2.05) is 6.92 Å². The predicted molar refractivity (Wildman–Crippen MR) is 113 cm³/mol. The standard InChI is InChI=1S/C19H25N3O3.2ClH/c1-2-25-16-11-13(12-22-6-8-24-9-7-22)10-15-17(16)18-14(19(23)21-15)4-3-5-20-18;;/h10-11,20H,2-9,12H2,1H3,(H,21,23);2*1H. The van der Waals surface area contributed by atoms with Gasteiger partial charge in [0.2, 0.25) is 0 Å². The molecular formula is C19H27Cl2N3O3. The van der Waals surface area contributed by atoms with Gasteiger partial charge < -0.3 is 19.8 Å². The molecule has 1 saturated heterocycles. The van der Waals surface area contributed by atoms with Crippen LogP contribution in [-0.4, -0.2) is 49.3 Å². The molecule has 0 unspecified atom stereocenters. The maximum atomic E-state index is 12.5. The fourth-order valence-electron chi connectivity index (χ4n) is 3.78. The highest BCUT2D eigenvalue weighted by Crippen LogP contribution is 2.36. The van der Waals surface area contributed by atoms with Gasteiger partial charge in [0.1, 0.15) is 5.75 Å². The summed E-state index contributed by atoms with van der Waals surface area (Å²) in [5.74, 6) is 0.852. The Morgan fingerprint density at radius 2 is 2.00 bits per heavy atom. The summed E-state index contributed by atoms with van der Waals surface area (Å²) in [7, 11) is 0. The van der Waals surface area contributed by atoms with Crippen LogP contribution in [0.2, 0.25) is 0 Å². The first kappa shape index (κ1) is 21.8. The Morgan fingerprint density at radius 3 is 2.74 bits per heavy atom. The van der Waals surface area contributed by atoms with Crippen LogP contribution in [0.15, 0.2) is 16.9 Å². The van der Waals surface area contributed by atoms with E-state index in [-0.39, 0.29) is 30.4 Å². The molecule has 0 amide bonds. The Bertz CT molecular complexity index is 835. The Balaban J connectivity index is 0.00000131. The number of anilines is 1. The number of hydrogen-bond donors (Lipinski definition) is 2. The number of morpholine rings is 1. The normalized spacial score (nSPS) is 16.6. The summed E-state index contributed by atoms with van der Waals surface area (Å²) < 4.78 is 11.4. The summed E-state index contributed by atoms with van der Waals surface area (Å²) >= 11 is 0. The number of pyridine rings is 1. The molecule has 150 valence electrons. The molecular weight excluding hydrogens is 389 g/mol. The topological polar surface area (TPSA) is 66.6 Å². The van der Waals surface area contributed by atoms with E-state index in [0.29, 0.717) is 6.61 Å². The fraction of sp³-hybridized carbons (Fsp3) is 0.526. The molecule has 2 aliphatic heterocycles. The number of benzene rings is 1. The number of ether oxygens (including phenoxy) is 2. The quantitative estimate of drug-likeness (QED) is 0.803. The Kier molecular flexibility index (Phi) is 7.79. The second-order valence-corrected chi connectivity index (χ2v) is 6.68. The average molecular weight is 416 g/mol. The monoisotopic (exact) mass is 415 g/mol. The van der Waals surface area contributed by atoms with Crippen LogP contribution in [0, 0.1) is 0 Å². The maximum absolute atomic E-state index is 12.5. The van der Waals surface area contributed by atoms with Crippen LogP contribution < -0.4 is 15.6 Å². The van der Waals surface area contributed by atoms with Gasteiger partial charge in [-0.2, -0.15) is 0 Å². The van der Waals surface area contributed by atoms with Gasteiger partial charge in [-0.05, 0) is 37.5 Å². The molecule has 4 rings (SSSR count). The first-order valence-electron chi connectivity index (χ1n) is 9.15. The molecule has 1 aromatic heterocycles. The molecule has 2 aromatic rings. The molecule has 3 heterocycles. The van der Waals surface area contributed by atoms with Gasteiger partial charge in [0.05, 0.1) is 36.4 Å². The molecule has 0 saturated carbocycles. The Morgan fingerprint density at radius 1 is 1.22 bits per heavy atom. The summed E-state index contributed by atoms with van der Waals surface area (Å²) in [4.78, 5) is 17.9. The van der Waals surface area contributed by atoms with Gasteiger partial charge in [0.15, 0.2) is 0 Å². The van der Waals surface area contributed by atoms with Gasteiger partial charge in [0.25, 0.3) is 5.56 Å². The van der Waals surface area contributed by atoms with Crippen LogP contribution in [0.4, 0.5) is 5.69 Å². The second kappa shape index (κ2) is 9.64. The number of halogens is 2. The molecule has 0 radical (unpaired) electrons. The summed E-state index contributed by atoms with van der Waals surface area (Å²) in [6.07, 6.45) is 1.80. The zero-order chi connectivity index (χ0) is 17.2. The highest BCUT2D eigenvalue weighted by molar-refractivity contribution is 5.98. The van der Waals surface area contributed by atoms with Crippen molar-refractivity contribution in [2.45, 2.75) is 26.3 Å². The lowest BCUT2D eigenvalue weighted by Crippen LogP contribution is -2.35. The van der Waals surface area contributed by atoms with Crippen LogP contribution in [0.3, 0.4) is 0 Å². The Hall–Kier alpha value is -1.47. The van der Waals surface area contributed by atoms with Crippen LogP contribution in [-0.2, 0) is 17.7 Å². The lowest BCUT2D eigenvalue weighted by Gasteiger charge is -2.27. The number of H-pyrrole nitrogens is 1. The summed E-state index contributed by atoms with van der Waals surface area (Å²) in [6.45, 7) is 7.75. The molecule has 0 atom stereocenters. The average Bonchev–Trinajstić information content (AvgIpc) is 2.63. The largest absolute Gasteiger partial charge is 0.493 e. The number of fused-ring (bicyclic) bond motifs is 3. The molecule has 0 spiro atoms. The maximum Gasteiger partial charge on any atom is 0.253 e. The first-order valence-corrected chi connectivity index (χ1v) is 9.15. The third-order valence-corrected chi connectivity index (χ3v) is 4.95. The minimum atomic E-state index is 0. The smallest absolute Gasteiger partial charge is 0.253 e. The molecule has 0 aliphatic carbocycles. The van der Waals surface area contributed by atoms with Gasteiger partial charge >= 0.3 is 0 Å². The molecule has 8 heteroatoms. The van der Waals surface area contributed by atoms with Crippen LogP contribution in [0.5, 0.6) is 5.75 Å². The Labute approximate surface area is 171 Å². The number of rotatable bonds is 4. The van der Waals surface area contributed by atoms with E-state index in [9.17, 15) is 4.79 Å². The molecule has 1 fully saturated rings. The first-order chi connectivity index (χ1) is 12.3. The molecule has 1 aromatic carbocycles. The van der Waals surface area contributed by atoms with Crippen molar-refractivity contribution >= 4 is 41.4 Å². The molecule has 0 bridgehead atoms. The molecule has 2 aliphatic rings. The van der Waals surface area contributed by atoms with E-state index >= 15 is 0 Å². The van der Waals surface area contributed by atoms with E-state index in [1.165, 1.54) is 0 Å². The summed E-state index contributed by atoms with van der Waals surface area (Å²) in [5.41, 5.74) is 3.82. The van der Waals surface area contributed by atoms with Crippen molar-refractivity contribution in [1.29, 1.82) is 0 Å². The minimum Gasteiger partial charge on any atom is -0.493 e. The van der Waals surface area contributed by atoms with Gasteiger partial charge in [-0.3, -0.25) is 9.69 Å². The number of nitrogens with one attached hydrogen (secondary N) is 2. The lowest BCUT2D eigenvalue weighted by molar-refractivity contribution is 0.0342. The third kappa shape index (κ3) is 4.51. The summed E-state index contributed by atoms with van der Waals surface area (Å²) in [6, 6.07) is 4.21. The van der Waals surface area contributed by atoms with Crippen LogP contribution in [0.1, 0.15) is 24.5 Å². The number of aromatic amines is 1. The fourth-order valence-corrected chi connectivity index (χ4v) is 3.78. The highest BCUT2D eigenvalue weighted by atomic mass is 35.5. The van der Waals surface area contributed by atoms with Crippen molar-refractivity contribution in [1.82, 2.24) is 9.88 Å². The highest BCUT2D eigenvalue weighted by Gasteiger charge is 2.20. The zero-order valence-electron chi connectivity index (χ0n) is 15.5. The van der Waals surface area contributed by atoms with Crippen molar-refractivity contribution in [3.63, 3.8) is 0 Å². The second-order valence-electron chi connectivity index (χ2n) is 6.68. The van der Waals surface area contributed by atoms with E-state index in [1.54, 1.807) is 0 Å². The van der Waals surface area contributed by atoms with Crippen molar-refractivity contribution in [3.8, 4) is 5.75 Å². The molecule has 27 heavy (non-hydrogen) atoms. The number of hydrogen-bond acceptors (Lipinski definition) is 5. The van der Waals surface area contributed by atoms with Crippen molar-refractivity contribution < 1.29 is 9.47 Å². The van der Waals surface area contributed by atoms with Crippen molar-refractivity contribution in [2.24, 2.45) is 0 Å². The zero-order valence-corrected chi connectivity index (χ0v) is 17.1. The predicted octanol–water partition coefficient (Wildman–Crippen LogP) is 2.96. The van der Waals surface area contributed by atoms with E-state index in [4.69, 9.17) is 9.47 Å². The summed E-state index contributed by atoms with van der Waals surface area (Å²) in [5, 5.41) is 4.42. The third-order valence-electron chi connectivity index (χ3n) is 4.95. The van der Waals surface area contributed by atoms with Crippen LogP contribution >= 0.6 is 24.8 Å². The van der Waals surface area contributed by atoms with Crippen molar-refractivity contribution in [3.05, 3.63) is 33.6 Å². The molecule has 6 nitrogen and oxygen atoms in total.